The van der Waals surface area contributed by atoms with Gasteiger partial charge in [-0.15, -0.1) is 0 Å². The van der Waals surface area contributed by atoms with E-state index in [1.165, 1.54) is 0 Å². The summed E-state index contributed by atoms with van der Waals surface area (Å²) in [6.07, 6.45) is 2.14. The SMILES string of the molecule is COc1ccc(NC2CCOCC2)c(Br)c1. The lowest BCUT2D eigenvalue weighted by Gasteiger charge is -2.24. The zero-order chi connectivity index (χ0) is 11.4. The molecule has 1 aliphatic heterocycles. The number of benzene rings is 1. The van der Waals surface area contributed by atoms with Crippen molar-refractivity contribution in [2.24, 2.45) is 0 Å². The molecule has 0 amide bonds. The topological polar surface area (TPSA) is 30.5 Å². The molecular formula is C12H16BrNO2. The summed E-state index contributed by atoms with van der Waals surface area (Å²) in [4.78, 5) is 0. The lowest BCUT2D eigenvalue weighted by atomic mass is 10.1. The molecule has 0 bridgehead atoms. The highest BCUT2D eigenvalue weighted by molar-refractivity contribution is 9.10. The molecule has 88 valence electrons. The monoisotopic (exact) mass is 285 g/mol. The molecule has 0 radical (unpaired) electrons. The molecule has 1 heterocycles. The van der Waals surface area contributed by atoms with Gasteiger partial charge in [-0.3, -0.25) is 0 Å². The Bertz CT molecular complexity index is 351. The van der Waals surface area contributed by atoms with Crippen LogP contribution in [0.25, 0.3) is 0 Å². The highest BCUT2D eigenvalue weighted by Crippen LogP contribution is 2.28. The number of ether oxygens (including phenoxy) is 2. The molecule has 1 N–H and O–H groups in total. The van der Waals surface area contributed by atoms with Gasteiger partial charge >= 0.3 is 0 Å². The van der Waals surface area contributed by atoms with Crippen LogP contribution in [0.3, 0.4) is 0 Å². The van der Waals surface area contributed by atoms with Gasteiger partial charge in [0.1, 0.15) is 5.75 Å². The first-order chi connectivity index (χ1) is 7.79. The Labute approximate surface area is 104 Å². The van der Waals surface area contributed by atoms with Crippen molar-refractivity contribution >= 4 is 21.6 Å². The predicted molar refractivity (Wildman–Crippen MR) is 68.2 cm³/mol. The molecule has 0 aliphatic carbocycles. The minimum absolute atomic E-state index is 0.512. The molecule has 0 saturated carbocycles. The Morgan fingerprint density at radius 3 is 2.75 bits per heavy atom. The van der Waals surface area contributed by atoms with Gasteiger partial charge in [-0.05, 0) is 47.0 Å². The smallest absolute Gasteiger partial charge is 0.120 e. The van der Waals surface area contributed by atoms with Gasteiger partial charge in [0.25, 0.3) is 0 Å². The second-order valence-electron chi connectivity index (χ2n) is 3.88. The average molecular weight is 286 g/mol. The summed E-state index contributed by atoms with van der Waals surface area (Å²) >= 11 is 3.54. The Balaban J connectivity index is 2.03. The van der Waals surface area contributed by atoms with Crippen LogP contribution in [0.2, 0.25) is 0 Å². The fourth-order valence-corrected chi connectivity index (χ4v) is 2.27. The highest BCUT2D eigenvalue weighted by atomic mass is 79.9. The van der Waals surface area contributed by atoms with Gasteiger partial charge in [0.05, 0.1) is 7.11 Å². The fourth-order valence-electron chi connectivity index (χ4n) is 1.80. The lowest BCUT2D eigenvalue weighted by Crippen LogP contribution is -2.27. The first kappa shape index (κ1) is 11.7. The molecule has 0 aromatic heterocycles. The second-order valence-corrected chi connectivity index (χ2v) is 4.73. The maximum atomic E-state index is 5.33. The van der Waals surface area contributed by atoms with E-state index in [1.54, 1.807) is 7.11 Å². The Morgan fingerprint density at radius 2 is 2.12 bits per heavy atom. The van der Waals surface area contributed by atoms with Crippen LogP contribution in [0.1, 0.15) is 12.8 Å². The number of rotatable bonds is 3. The summed E-state index contributed by atoms with van der Waals surface area (Å²) < 4.78 is 11.5. The average Bonchev–Trinajstić information content (AvgIpc) is 2.33. The van der Waals surface area contributed by atoms with Crippen molar-refractivity contribution in [3.05, 3.63) is 22.7 Å². The van der Waals surface area contributed by atoms with Crippen molar-refractivity contribution in [2.75, 3.05) is 25.6 Å². The number of anilines is 1. The van der Waals surface area contributed by atoms with Crippen LogP contribution in [0, 0.1) is 0 Å². The van der Waals surface area contributed by atoms with Gasteiger partial charge in [-0.1, -0.05) is 0 Å². The highest BCUT2D eigenvalue weighted by Gasteiger charge is 2.14. The van der Waals surface area contributed by atoms with E-state index in [9.17, 15) is 0 Å². The van der Waals surface area contributed by atoms with Gasteiger partial charge in [0, 0.05) is 29.4 Å². The molecule has 1 aliphatic rings. The van der Waals surface area contributed by atoms with Crippen molar-refractivity contribution in [3.63, 3.8) is 0 Å². The first-order valence-electron chi connectivity index (χ1n) is 5.47. The molecule has 2 rings (SSSR count). The number of methoxy groups -OCH3 is 1. The van der Waals surface area contributed by atoms with Crippen LogP contribution >= 0.6 is 15.9 Å². The second kappa shape index (κ2) is 5.55. The zero-order valence-electron chi connectivity index (χ0n) is 9.33. The largest absolute Gasteiger partial charge is 0.497 e. The van der Waals surface area contributed by atoms with Gasteiger partial charge in [-0.2, -0.15) is 0 Å². The summed E-state index contributed by atoms with van der Waals surface area (Å²) in [5.74, 6) is 0.865. The normalized spacial score (nSPS) is 17.1. The number of hydrogen-bond donors (Lipinski definition) is 1. The fraction of sp³-hybridized carbons (Fsp3) is 0.500. The molecule has 0 atom stereocenters. The minimum Gasteiger partial charge on any atom is -0.497 e. The van der Waals surface area contributed by atoms with Gasteiger partial charge in [0.2, 0.25) is 0 Å². The minimum atomic E-state index is 0.512. The van der Waals surface area contributed by atoms with E-state index >= 15 is 0 Å². The summed E-state index contributed by atoms with van der Waals surface area (Å²) in [5, 5.41) is 3.52. The molecule has 3 nitrogen and oxygen atoms in total. The van der Waals surface area contributed by atoms with E-state index in [0.29, 0.717) is 6.04 Å². The molecule has 0 spiro atoms. The number of halogens is 1. The third-order valence-corrected chi connectivity index (χ3v) is 3.41. The van der Waals surface area contributed by atoms with E-state index in [2.05, 4.69) is 21.2 Å². The maximum absolute atomic E-state index is 5.33. The van der Waals surface area contributed by atoms with Crippen LogP contribution in [0.4, 0.5) is 5.69 Å². The van der Waals surface area contributed by atoms with Crippen LogP contribution in [-0.4, -0.2) is 26.4 Å². The maximum Gasteiger partial charge on any atom is 0.120 e. The van der Waals surface area contributed by atoms with E-state index in [1.807, 2.05) is 18.2 Å². The zero-order valence-corrected chi connectivity index (χ0v) is 10.9. The Morgan fingerprint density at radius 1 is 1.38 bits per heavy atom. The van der Waals surface area contributed by atoms with Crippen LogP contribution in [0.15, 0.2) is 22.7 Å². The lowest BCUT2D eigenvalue weighted by molar-refractivity contribution is 0.0904. The Kier molecular flexibility index (Phi) is 4.07. The van der Waals surface area contributed by atoms with Crippen molar-refractivity contribution in [2.45, 2.75) is 18.9 Å². The molecule has 1 saturated heterocycles. The Hall–Kier alpha value is -0.740. The molecular weight excluding hydrogens is 270 g/mol. The third kappa shape index (κ3) is 2.89. The third-order valence-electron chi connectivity index (χ3n) is 2.76. The molecule has 4 heteroatoms. The van der Waals surface area contributed by atoms with Crippen molar-refractivity contribution in [1.82, 2.24) is 0 Å². The molecule has 1 fully saturated rings. The van der Waals surface area contributed by atoms with E-state index < -0.39 is 0 Å². The van der Waals surface area contributed by atoms with Gasteiger partial charge in [-0.25, -0.2) is 0 Å². The predicted octanol–water partition coefficient (Wildman–Crippen LogP) is 3.05. The first-order valence-corrected chi connectivity index (χ1v) is 6.26. The van der Waals surface area contributed by atoms with Crippen LogP contribution < -0.4 is 10.1 Å². The number of nitrogens with one attached hydrogen (secondary N) is 1. The summed E-state index contributed by atoms with van der Waals surface area (Å²) in [6, 6.07) is 6.49. The van der Waals surface area contributed by atoms with Gasteiger partial charge in [0.15, 0.2) is 0 Å². The summed E-state index contributed by atoms with van der Waals surface area (Å²) in [7, 11) is 1.67. The van der Waals surface area contributed by atoms with Crippen molar-refractivity contribution in [3.8, 4) is 5.75 Å². The standard InChI is InChI=1S/C12H16BrNO2/c1-15-10-2-3-12(11(13)8-10)14-9-4-6-16-7-5-9/h2-3,8-9,14H,4-7H2,1H3. The van der Waals surface area contributed by atoms with Crippen molar-refractivity contribution in [1.29, 1.82) is 0 Å². The van der Waals surface area contributed by atoms with E-state index in [-0.39, 0.29) is 0 Å². The molecule has 0 unspecified atom stereocenters. The van der Waals surface area contributed by atoms with Crippen LogP contribution in [-0.2, 0) is 4.74 Å². The summed E-state index contributed by atoms with van der Waals surface area (Å²) in [5.41, 5.74) is 1.12. The summed E-state index contributed by atoms with van der Waals surface area (Å²) in [6.45, 7) is 1.71. The van der Waals surface area contributed by atoms with Crippen molar-refractivity contribution < 1.29 is 9.47 Å². The van der Waals surface area contributed by atoms with Crippen LogP contribution in [0.5, 0.6) is 5.75 Å². The quantitative estimate of drug-likeness (QED) is 0.926. The van der Waals surface area contributed by atoms with E-state index in [0.717, 1.165) is 42.0 Å². The number of hydrogen-bond acceptors (Lipinski definition) is 3. The molecule has 1 aromatic rings. The van der Waals surface area contributed by atoms with E-state index in [4.69, 9.17) is 9.47 Å². The van der Waals surface area contributed by atoms with Gasteiger partial charge < -0.3 is 14.8 Å². The molecule has 16 heavy (non-hydrogen) atoms. The molecule has 1 aromatic carbocycles.